The fraction of sp³-hybridized carbons (Fsp3) is 0.577. The zero-order chi connectivity index (χ0) is 34.6. The van der Waals surface area contributed by atoms with E-state index in [2.05, 4.69) is 31.2 Å². The molecule has 20 nitrogen and oxygen atoms in total. The minimum atomic E-state index is -1.68. The lowest BCUT2D eigenvalue weighted by atomic mass is 10.1. The summed E-state index contributed by atoms with van der Waals surface area (Å²) in [7, 11) is 0. The monoisotopic (exact) mass is 653 g/mol. The molecule has 0 bridgehead atoms. The summed E-state index contributed by atoms with van der Waals surface area (Å²) < 4.78 is 0. The second-order valence-corrected chi connectivity index (χ2v) is 10.6. The molecule has 0 unspecified atom stereocenters. The summed E-state index contributed by atoms with van der Waals surface area (Å²) in [5.41, 5.74) is 11.6. The van der Waals surface area contributed by atoms with E-state index in [1.807, 2.05) is 0 Å². The van der Waals surface area contributed by atoms with Gasteiger partial charge in [0.25, 0.3) is 0 Å². The molecule has 0 saturated carbocycles. The van der Waals surface area contributed by atoms with Gasteiger partial charge in [-0.3, -0.25) is 38.4 Å². The Bertz CT molecular complexity index is 1290. The smallest absolute Gasteiger partial charge is 0.322 e. The molecule has 0 radical (unpaired) electrons. The molecular formula is C26H39N9O11. The third kappa shape index (κ3) is 11.4. The Balaban J connectivity index is 2.15. The van der Waals surface area contributed by atoms with Crippen molar-refractivity contribution in [1.82, 2.24) is 36.1 Å². The van der Waals surface area contributed by atoms with Crippen LogP contribution in [0.25, 0.3) is 0 Å². The highest BCUT2D eigenvalue weighted by atomic mass is 16.4. The van der Waals surface area contributed by atoms with Gasteiger partial charge in [0, 0.05) is 31.3 Å². The Kier molecular flexibility index (Phi) is 14.0. The van der Waals surface area contributed by atoms with Crippen molar-refractivity contribution in [2.75, 3.05) is 13.1 Å². The first-order valence-electron chi connectivity index (χ1n) is 14.2. The zero-order valence-electron chi connectivity index (χ0n) is 24.9. The van der Waals surface area contributed by atoms with Crippen molar-refractivity contribution in [2.24, 2.45) is 11.5 Å². The van der Waals surface area contributed by atoms with Gasteiger partial charge >= 0.3 is 11.9 Å². The van der Waals surface area contributed by atoms with Gasteiger partial charge in [0.15, 0.2) is 0 Å². The predicted molar refractivity (Wildman–Crippen MR) is 154 cm³/mol. The van der Waals surface area contributed by atoms with Crippen LogP contribution in [0.4, 0.5) is 0 Å². The van der Waals surface area contributed by atoms with E-state index in [1.165, 1.54) is 12.5 Å². The van der Waals surface area contributed by atoms with E-state index in [0.717, 1.165) is 11.8 Å². The molecule has 1 saturated heterocycles. The first-order chi connectivity index (χ1) is 21.6. The van der Waals surface area contributed by atoms with Crippen LogP contribution < -0.4 is 32.7 Å². The second kappa shape index (κ2) is 17.4. The number of aliphatic hydroxyl groups is 1. The number of hydrogen-bond donors (Lipinski definition) is 10. The third-order valence-corrected chi connectivity index (χ3v) is 6.95. The summed E-state index contributed by atoms with van der Waals surface area (Å²) in [4.78, 5) is 106. The van der Waals surface area contributed by atoms with Gasteiger partial charge in [-0.2, -0.15) is 0 Å². The molecule has 1 fully saturated rings. The van der Waals surface area contributed by atoms with Gasteiger partial charge in [-0.1, -0.05) is 0 Å². The number of nitrogens with two attached hydrogens (primary N) is 2. The summed E-state index contributed by atoms with van der Waals surface area (Å²) in [5, 5.41) is 37.5. The number of carbonyl (C=O) groups excluding carboxylic acids is 6. The molecule has 20 heteroatoms. The largest absolute Gasteiger partial charge is 0.481 e. The summed E-state index contributed by atoms with van der Waals surface area (Å²) >= 11 is 0. The first-order valence-corrected chi connectivity index (χ1v) is 14.2. The molecule has 1 aromatic rings. The summed E-state index contributed by atoms with van der Waals surface area (Å²) in [6.07, 6.45) is 0.198. The fourth-order valence-corrected chi connectivity index (χ4v) is 4.64. The van der Waals surface area contributed by atoms with Gasteiger partial charge in [-0.15, -0.1) is 0 Å². The number of aromatic amines is 1. The molecule has 6 amide bonds. The number of carboxylic acid groups (broad SMARTS) is 2. The van der Waals surface area contributed by atoms with Crippen molar-refractivity contribution in [3.8, 4) is 0 Å². The van der Waals surface area contributed by atoms with Crippen molar-refractivity contribution in [3.63, 3.8) is 0 Å². The zero-order valence-corrected chi connectivity index (χ0v) is 24.9. The predicted octanol–water partition coefficient (Wildman–Crippen LogP) is -4.95. The van der Waals surface area contributed by atoms with E-state index >= 15 is 0 Å². The van der Waals surface area contributed by atoms with Gasteiger partial charge in [-0.25, -0.2) is 4.98 Å². The number of carboxylic acids is 2. The van der Waals surface area contributed by atoms with Crippen molar-refractivity contribution >= 4 is 47.4 Å². The summed E-state index contributed by atoms with van der Waals surface area (Å²) in [6.45, 7) is 0.382. The second-order valence-electron chi connectivity index (χ2n) is 10.6. The number of primary amides is 1. The van der Waals surface area contributed by atoms with Crippen LogP contribution in [0, 0.1) is 0 Å². The van der Waals surface area contributed by atoms with Crippen LogP contribution in [0.5, 0.6) is 0 Å². The Morgan fingerprint density at radius 1 is 1.02 bits per heavy atom. The molecule has 0 aromatic carbocycles. The third-order valence-electron chi connectivity index (χ3n) is 6.95. The van der Waals surface area contributed by atoms with Gasteiger partial charge in [-0.05, 0) is 26.2 Å². The molecule has 12 N–H and O–H groups in total. The van der Waals surface area contributed by atoms with Crippen molar-refractivity contribution < 1.29 is 53.7 Å². The van der Waals surface area contributed by atoms with Gasteiger partial charge in [0.2, 0.25) is 35.4 Å². The number of rotatable bonds is 18. The maximum absolute atomic E-state index is 13.4. The van der Waals surface area contributed by atoms with Crippen LogP contribution in [-0.4, -0.2) is 127 Å². The molecule has 0 aliphatic carbocycles. The summed E-state index contributed by atoms with van der Waals surface area (Å²) in [5.74, 6) is -8.23. The van der Waals surface area contributed by atoms with E-state index in [1.54, 1.807) is 0 Å². The van der Waals surface area contributed by atoms with E-state index in [-0.39, 0.29) is 32.2 Å². The Morgan fingerprint density at radius 3 is 2.26 bits per heavy atom. The lowest BCUT2D eigenvalue weighted by molar-refractivity contribution is -0.146. The first kappa shape index (κ1) is 37.1. The van der Waals surface area contributed by atoms with Crippen LogP contribution in [0.15, 0.2) is 12.5 Å². The molecular weight excluding hydrogens is 614 g/mol. The number of nitrogens with zero attached hydrogens (tertiary/aromatic N) is 2. The van der Waals surface area contributed by atoms with Gasteiger partial charge in [0.05, 0.1) is 24.9 Å². The highest BCUT2D eigenvalue weighted by Gasteiger charge is 2.40. The standard InChI is InChI=1S/C26H39N9O11/c1-12(36)21(25(45)32-15(4-5-18(28)37)23(43)30-10-20(40)41)34-24(44)17-3-2-6-35(17)26(46)16(8-19(38)39)33-22(42)14(27)7-13-9-29-11-31-13/h9,11-12,14-17,21,36H,2-8,10,27H2,1H3,(H2,28,37)(H,29,31)(H,30,43)(H,32,45)(H,33,42)(H,34,44)(H,38,39)(H,40,41)/t12-,14+,15+,16+,17+,21+/m1/s1. The minimum absolute atomic E-state index is 0.00753. The van der Waals surface area contributed by atoms with Crippen molar-refractivity contribution in [2.45, 2.75) is 81.8 Å². The number of hydrogen-bond acceptors (Lipinski definition) is 11. The molecule has 6 atom stereocenters. The van der Waals surface area contributed by atoms with Crippen LogP contribution in [0.3, 0.4) is 0 Å². The van der Waals surface area contributed by atoms with E-state index in [0.29, 0.717) is 12.1 Å². The maximum atomic E-state index is 13.4. The number of amides is 6. The molecule has 0 spiro atoms. The molecule has 254 valence electrons. The molecule has 2 heterocycles. The number of aliphatic hydroxyl groups excluding tert-OH is 1. The van der Waals surface area contributed by atoms with Crippen molar-refractivity contribution in [3.05, 3.63) is 18.2 Å². The van der Waals surface area contributed by atoms with Crippen molar-refractivity contribution in [1.29, 1.82) is 0 Å². The van der Waals surface area contributed by atoms with Gasteiger partial charge in [0.1, 0.15) is 30.7 Å². The average molecular weight is 654 g/mol. The lowest BCUT2D eigenvalue weighted by Crippen LogP contribution is -2.60. The number of aliphatic carboxylic acids is 2. The Labute approximate surface area is 262 Å². The van der Waals surface area contributed by atoms with Crippen LogP contribution >= 0.6 is 0 Å². The Hall–Kier alpha value is -5.11. The van der Waals surface area contributed by atoms with E-state index in [9.17, 15) is 48.6 Å². The number of likely N-dealkylation sites (tertiary alicyclic amines) is 1. The molecule has 46 heavy (non-hydrogen) atoms. The summed E-state index contributed by atoms with van der Waals surface area (Å²) in [6, 6.07) is -7.11. The molecule has 1 aliphatic heterocycles. The highest BCUT2D eigenvalue weighted by molar-refractivity contribution is 5.97. The van der Waals surface area contributed by atoms with E-state index < -0.39 is 96.7 Å². The van der Waals surface area contributed by atoms with Crippen LogP contribution in [0.2, 0.25) is 0 Å². The van der Waals surface area contributed by atoms with Crippen LogP contribution in [-0.2, 0) is 44.8 Å². The maximum Gasteiger partial charge on any atom is 0.322 e. The number of aromatic nitrogens is 2. The molecule has 1 aliphatic rings. The topological polar surface area (TPSA) is 329 Å². The number of carbonyl (C=O) groups is 8. The van der Waals surface area contributed by atoms with E-state index in [4.69, 9.17) is 16.6 Å². The molecule has 1 aromatic heterocycles. The average Bonchev–Trinajstić information content (AvgIpc) is 3.67. The lowest BCUT2D eigenvalue weighted by Gasteiger charge is -2.30. The molecule has 2 rings (SSSR count). The number of nitrogens with one attached hydrogen (secondary N) is 5. The minimum Gasteiger partial charge on any atom is -0.481 e. The number of H-pyrrole nitrogens is 1. The quantitative estimate of drug-likeness (QED) is 0.0711. The van der Waals surface area contributed by atoms with Crippen LogP contribution in [0.1, 0.15) is 44.7 Å². The normalized spacial score (nSPS) is 17.5. The Morgan fingerprint density at radius 2 is 1.70 bits per heavy atom. The SMILES string of the molecule is C[C@@H](O)[C@H](NC(=O)[C@@H]1CCCN1C(=O)[C@H](CC(=O)O)NC(=O)[C@@H](N)Cc1cnc[nH]1)C(=O)N[C@@H](CCC(N)=O)C(=O)NCC(=O)O. The van der Waals surface area contributed by atoms with Gasteiger partial charge < -0.3 is 57.9 Å². The fourth-order valence-electron chi connectivity index (χ4n) is 4.64. The highest BCUT2D eigenvalue weighted by Crippen LogP contribution is 2.20. The number of imidazole rings is 1.